The van der Waals surface area contributed by atoms with Gasteiger partial charge in [0.2, 0.25) is 11.8 Å². The van der Waals surface area contributed by atoms with Crippen molar-refractivity contribution in [3.8, 4) is 5.75 Å². The van der Waals surface area contributed by atoms with Crippen LogP contribution >= 0.6 is 0 Å². The largest absolute Gasteiger partial charge is 0.497 e. The van der Waals surface area contributed by atoms with Gasteiger partial charge in [0.05, 0.1) is 17.7 Å². The Kier molecular flexibility index (Phi) is 10.2. The molecule has 0 aromatic heterocycles. The van der Waals surface area contributed by atoms with E-state index in [-0.39, 0.29) is 23.8 Å². The molecule has 1 N–H and O–H groups in total. The minimum atomic E-state index is -4.15. The first-order chi connectivity index (χ1) is 20.6. The van der Waals surface area contributed by atoms with E-state index in [2.05, 4.69) is 5.32 Å². The van der Waals surface area contributed by atoms with Crippen LogP contribution < -0.4 is 14.4 Å². The van der Waals surface area contributed by atoms with Crippen molar-refractivity contribution < 1.29 is 22.7 Å². The number of carbonyl (C=O) groups is 2. The molecule has 0 aliphatic heterocycles. The average molecular weight is 600 g/mol. The van der Waals surface area contributed by atoms with Crippen LogP contribution in [0.15, 0.2) is 108 Å². The summed E-state index contributed by atoms with van der Waals surface area (Å²) in [4.78, 5) is 29.3. The summed E-state index contributed by atoms with van der Waals surface area (Å²) < 4.78 is 34.8. The quantitative estimate of drug-likeness (QED) is 0.250. The van der Waals surface area contributed by atoms with Gasteiger partial charge in [-0.15, -0.1) is 0 Å². The molecule has 0 radical (unpaired) electrons. The van der Waals surface area contributed by atoms with E-state index in [1.165, 1.54) is 24.1 Å². The molecule has 224 valence electrons. The van der Waals surface area contributed by atoms with Gasteiger partial charge in [-0.3, -0.25) is 13.9 Å². The number of aryl methyl sites for hydroxylation is 1. The third-order valence-corrected chi connectivity index (χ3v) is 9.23. The molecule has 0 bridgehead atoms. The van der Waals surface area contributed by atoms with Crippen molar-refractivity contribution in [2.24, 2.45) is 0 Å². The van der Waals surface area contributed by atoms with E-state index < -0.39 is 28.5 Å². The average Bonchev–Trinajstić information content (AvgIpc) is 3.03. The first-order valence-electron chi connectivity index (χ1n) is 14.0. The highest BCUT2D eigenvalue weighted by Crippen LogP contribution is 2.29. The fourth-order valence-electron chi connectivity index (χ4n) is 4.93. The number of nitrogens with zero attached hydrogens (tertiary/aromatic N) is 2. The van der Waals surface area contributed by atoms with Crippen LogP contribution in [-0.4, -0.2) is 51.9 Å². The summed E-state index contributed by atoms with van der Waals surface area (Å²) in [6.45, 7) is 3.28. The van der Waals surface area contributed by atoms with Crippen molar-refractivity contribution >= 4 is 27.5 Å². The Morgan fingerprint density at radius 1 is 0.837 bits per heavy atom. The molecule has 0 spiro atoms. The lowest BCUT2D eigenvalue weighted by molar-refractivity contribution is -0.139. The van der Waals surface area contributed by atoms with Gasteiger partial charge >= 0.3 is 0 Å². The molecular formula is C34H37N3O5S. The molecule has 0 fully saturated rings. The van der Waals surface area contributed by atoms with Crippen LogP contribution in [0, 0.1) is 13.8 Å². The van der Waals surface area contributed by atoms with Crippen LogP contribution in [0.25, 0.3) is 0 Å². The molecule has 43 heavy (non-hydrogen) atoms. The third kappa shape index (κ3) is 7.42. The molecule has 9 heteroatoms. The minimum Gasteiger partial charge on any atom is -0.497 e. The molecule has 1 atom stereocenters. The molecule has 0 saturated carbocycles. The van der Waals surface area contributed by atoms with Gasteiger partial charge in [-0.2, -0.15) is 0 Å². The third-order valence-electron chi connectivity index (χ3n) is 7.46. The predicted molar refractivity (Wildman–Crippen MR) is 168 cm³/mol. The number of nitrogens with one attached hydrogen (secondary N) is 1. The summed E-state index contributed by atoms with van der Waals surface area (Å²) in [6, 6.07) is 29.2. The standard InChI is InChI=1S/C34H37N3O5S/c1-25-13-11-20-31(26(25)2)37(43(40,41)30-18-9-6-10-19-30)24-33(38)36(23-28-16-12-17-29(21-28)42-4)32(34(39)35-3)22-27-14-7-5-8-15-27/h5-21,32H,22-24H2,1-4H3,(H,35,39)/t32-/m1/s1. The van der Waals surface area contributed by atoms with Gasteiger partial charge in [0.25, 0.3) is 10.0 Å². The number of anilines is 1. The van der Waals surface area contributed by atoms with Crippen LogP contribution in [0.2, 0.25) is 0 Å². The number of carbonyl (C=O) groups excluding carboxylic acids is 2. The fourth-order valence-corrected chi connectivity index (χ4v) is 6.42. The molecule has 0 saturated heterocycles. The molecule has 4 aromatic rings. The maximum Gasteiger partial charge on any atom is 0.264 e. The van der Waals surface area contributed by atoms with Crippen molar-refractivity contribution in [1.29, 1.82) is 0 Å². The summed E-state index contributed by atoms with van der Waals surface area (Å²) in [5.74, 6) is -0.273. The second kappa shape index (κ2) is 14.0. The summed E-state index contributed by atoms with van der Waals surface area (Å²) in [7, 11) is -1.07. The predicted octanol–water partition coefficient (Wildman–Crippen LogP) is 4.89. The van der Waals surface area contributed by atoms with Crippen LogP contribution in [0.4, 0.5) is 5.69 Å². The lowest BCUT2D eigenvalue weighted by atomic mass is 10.0. The van der Waals surface area contributed by atoms with Crippen molar-refractivity contribution in [3.05, 3.63) is 125 Å². The van der Waals surface area contributed by atoms with Crippen LogP contribution in [-0.2, 0) is 32.6 Å². The first-order valence-corrected chi connectivity index (χ1v) is 15.4. The van der Waals surface area contributed by atoms with E-state index in [0.29, 0.717) is 11.4 Å². The van der Waals surface area contributed by atoms with Gasteiger partial charge in [-0.05, 0) is 66.4 Å². The van der Waals surface area contributed by atoms with E-state index in [1.54, 1.807) is 49.6 Å². The highest BCUT2D eigenvalue weighted by molar-refractivity contribution is 7.92. The number of benzene rings is 4. The Bertz CT molecular complexity index is 1660. The van der Waals surface area contributed by atoms with Gasteiger partial charge in [-0.25, -0.2) is 8.42 Å². The van der Waals surface area contributed by atoms with Crippen molar-refractivity contribution in [3.63, 3.8) is 0 Å². The van der Waals surface area contributed by atoms with Crippen LogP contribution in [0.3, 0.4) is 0 Å². The van der Waals surface area contributed by atoms with Crippen molar-refractivity contribution in [1.82, 2.24) is 10.2 Å². The summed E-state index contributed by atoms with van der Waals surface area (Å²) in [6.07, 6.45) is 0.241. The smallest absolute Gasteiger partial charge is 0.264 e. The summed E-state index contributed by atoms with van der Waals surface area (Å²) in [5.41, 5.74) is 3.62. The number of amides is 2. The molecule has 0 aliphatic rings. The molecule has 8 nitrogen and oxygen atoms in total. The maximum atomic E-state index is 14.4. The Morgan fingerprint density at radius 3 is 2.12 bits per heavy atom. The number of hydrogen-bond donors (Lipinski definition) is 1. The number of sulfonamides is 1. The van der Waals surface area contributed by atoms with E-state index >= 15 is 0 Å². The normalized spacial score (nSPS) is 11.8. The van der Waals surface area contributed by atoms with Gasteiger partial charge in [0, 0.05) is 20.0 Å². The van der Waals surface area contributed by atoms with E-state index in [0.717, 1.165) is 26.6 Å². The monoisotopic (exact) mass is 599 g/mol. The number of ether oxygens (including phenoxy) is 1. The van der Waals surface area contributed by atoms with Crippen molar-refractivity contribution in [2.75, 3.05) is 25.0 Å². The summed E-state index contributed by atoms with van der Waals surface area (Å²) in [5, 5.41) is 2.70. The SMILES string of the molecule is CNC(=O)[C@@H](Cc1ccccc1)N(Cc1cccc(OC)c1)C(=O)CN(c1cccc(C)c1C)S(=O)(=O)c1ccccc1. The van der Waals surface area contributed by atoms with E-state index in [9.17, 15) is 18.0 Å². The van der Waals surface area contributed by atoms with Gasteiger partial charge in [0.1, 0.15) is 18.3 Å². The minimum absolute atomic E-state index is 0.0625. The van der Waals surface area contributed by atoms with Crippen LogP contribution in [0.1, 0.15) is 22.3 Å². The second-order valence-corrected chi connectivity index (χ2v) is 12.1. The second-order valence-electron chi connectivity index (χ2n) is 10.2. The first kappa shape index (κ1) is 31.3. The topological polar surface area (TPSA) is 96.0 Å². The molecule has 2 amide bonds. The Morgan fingerprint density at radius 2 is 1.47 bits per heavy atom. The number of methoxy groups -OCH3 is 1. The zero-order chi connectivity index (χ0) is 31.0. The maximum absolute atomic E-state index is 14.4. The molecule has 0 aliphatic carbocycles. The van der Waals surface area contributed by atoms with E-state index in [1.807, 2.05) is 62.4 Å². The molecule has 4 aromatic carbocycles. The van der Waals surface area contributed by atoms with Gasteiger partial charge in [0.15, 0.2) is 0 Å². The highest BCUT2D eigenvalue weighted by Gasteiger charge is 2.34. The lowest BCUT2D eigenvalue weighted by Crippen LogP contribution is -2.53. The van der Waals surface area contributed by atoms with Gasteiger partial charge < -0.3 is 15.0 Å². The number of rotatable bonds is 12. The van der Waals surface area contributed by atoms with Gasteiger partial charge in [-0.1, -0.05) is 72.8 Å². The number of hydrogen-bond acceptors (Lipinski definition) is 5. The fraction of sp³-hybridized carbons (Fsp3) is 0.235. The zero-order valence-electron chi connectivity index (χ0n) is 24.9. The van der Waals surface area contributed by atoms with Crippen LogP contribution in [0.5, 0.6) is 5.75 Å². The molecule has 4 rings (SSSR count). The Balaban J connectivity index is 1.82. The zero-order valence-corrected chi connectivity index (χ0v) is 25.7. The van der Waals surface area contributed by atoms with E-state index in [4.69, 9.17) is 4.74 Å². The number of likely N-dealkylation sites (N-methyl/N-ethyl adjacent to an activating group) is 1. The van der Waals surface area contributed by atoms with Crippen molar-refractivity contribution in [2.45, 2.75) is 37.8 Å². The summed E-state index contributed by atoms with van der Waals surface area (Å²) >= 11 is 0. The lowest BCUT2D eigenvalue weighted by Gasteiger charge is -2.34. The molecule has 0 unspecified atom stereocenters. The highest BCUT2D eigenvalue weighted by atomic mass is 32.2. The Hall–Kier alpha value is -4.63. The Labute approximate surface area is 254 Å². The molecular weight excluding hydrogens is 562 g/mol. The molecule has 0 heterocycles.